The summed E-state index contributed by atoms with van der Waals surface area (Å²) in [5.74, 6) is 0. The molecule has 0 aliphatic heterocycles. The van der Waals surface area contributed by atoms with Crippen LogP contribution >= 0.6 is 0 Å². The molecule has 0 spiro atoms. The standard InChI is InChI=1S/C13H15N3/c14-13(6-7-13)8-11-9-15-16(10-11)12-4-2-1-3-5-12/h1-5,9-10H,6-8,14H2. The van der Waals surface area contributed by atoms with E-state index in [0.29, 0.717) is 0 Å². The number of rotatable bonds is 3. The van der Waals surface area contributed by atoms with Gasteiger partial charge in [0.25, 0.3) is 0 Å². The van der Waals surface area contributed by atoms with Crippen molar-refractivity contribution in [1.29, 1.82) is 0 Å². The molecule has 16 heavy (non-hydrogen) atoms. The zero-order chi connectivity index (χ0) is 11.0. The highest BCUT2D eigenvalue weighted by atomic mass is 15.3. The predicted octanol–water partition coefficient (Wildman–Crippen LogP) is 1.91. The molecule has 82 valence electrons. The van der Waals surface area contributed by atoms with Crippen molar-refractivity contribution < 1.29 is 0 Å². The lowest BCUT2D eigenvalue weighted by Gasteiger charge is -2.04. The fourth-order valence-electron chi connectivity index (χ4n) is 1.92. The first-order chi connectivity index (χ1) is 7.75. The third kappa shape index (κ3) is 1.86. The third-order valence-electron chi connectivity index (χ3n) is 3.11. The normalized spacial score (nSPS) is 17.3. The topological polar surface area (TPSA) is 43.8 Å². The second-order valence-electron chi connectivity index (χ2n) is 4.67. The van der Waals surface area contributed by atoms with Crippen molar-refractivity contribution in [2.24, 2.45) is 5.73 Å². The zero-order valence-corrected chi connectivity index (χ0v) is 9.13. The molecule has 1 aromatic heterocycles. The minimum atomic E-state index is 0.0601. The van der Waals surface area contributed by atoms with Crippen LogP contribution in [-0.4, -0.2) is 15.3 Å². The highest BCUT2D eigenvalue weighted by molar-refractivity contribution is 5.31. The molecule has 0 atom stereocenters. The molecule has 1 aliphatic rings. The first-order valence-corrected chi connectivity index (χ1v) is 5.63. The Labute approximate surface area is 94.9 Å². The van der Waals surface area contributed by atoms with Gasteiger partial charge in [-0.05, 0) is 37.0 Å². The average Bonchev–Trinajstić information content (AvgIpc) is 2.86. The predicted molar refractivity (Wildman–Crippen MR) is 63.4 cm³/mol. The fourth-order valence-corrected chi connectivity index (χ4v) is 1.92. The van der Waals surface area contributed by atoms with E-state index in [2.05, 4.69) is 11.3 Å². The Bertz CT molecular complexity index is 483. The van der Waals surface area contributed by atoms with Crippen LogP contribution in [0.15, 0.2) is 42.7 Å². The highest BCUT2D eigenvalue weighted by Gasteiger charge is 2.38. The number of para-hydroxylation sites is 1. The van der Waals surface area contributed by atoms with E-state index >= 15 is 0 Å². The zero-order valence-electron chi connectivity index (χ0n) is 9.13. The molecule has 1 fully saturated rings. The Hall–Kier alpha value is -1.61. The quantitative estimate of drug-likeness (QED) is 0.846. The smallest absolute Gasteiger partial charge is 0.0645 e. The molecule has 0 radical (unpaired) electrons. The number of nitrogens with zero attached hydrogens (tertiary/aromatic N) is 2. The average molecular weight is 213 g/mol. The largest absolute Gasteiger partial charge is 0.325 e. The maximum absolute atomic E-state index is 6.09. The van der Waals surface area contributed by atoms with Crippen LogP contribution in [0.2, 0.25) is 0 Å². The Balaban J connectivity index is 1.82. The summed E-state index contributed by atoms with van der Waals surface area (Å²) in [5.41, 5.74) is 8.47. The van der Waals surface area contributed by atoms with Gasteiger partial charge < -0.3 is 5.73 Å². The Morgan fingerprint density at radius 2 is 2.00 bits per heavy atom. The van der Waals surface area contributed by atoms with Gasteiger partial charge >= 0.3 is 0 Å². The van der Waals surface area contributed by atoms with Gasteiger partial charge in [0, 0.05) is 11.7 Å². The summed E-state index contributed by atoms with van der Waals surface area (Å²) in [4.78, 5) is 0. The SMILES string of the molecule is NC1(Cc2cnn(-c3ccccc3)c2)CC1. The molecule has 1 saturated carbocycles. The summed E-state index contributed by atoms with van der Waals surface area (Å²) in [6, 6.07) is 10.1. The molecule has 0 unspecified atom stereocenters. The molecule has 3 rings (SSSR count). The molecule has 1 heterocycles. The maximum Gasteiger partial charge on any atom is 0.0645 e. The molecule has 0 bridgehead atoms. The Morgan fingerprint density at radius 1 is 1.25 bits per heavy atom. The highest BCUT2D eigenvalue weighted by Crippen LogP contribution is 2.35. The van der Waals surface area contributed by atoms with Gasteiger partial charge in [-0.3, -0.25) is 0 Å². The van der Waals surface area contributed by atoms with Crippen molar-refractivity contribution in [1.82, 2.24) is 9.78 Å². The van der Waals surface area contributed by atoms with E-state index in [1.54, 1.807) is 0 Å². The van der Waals surface area contributed by atoms with Crippen molar-refractivity contribution in [3.8, 4) is 5.69 Å². The van der Waals surface area contributed by atoms with E-state index < -0.39 is 0 Å². The van der Waals surface area contributed by atoms with Crippen LogP contribution in [0.3, 0.4) is 0 Å². The summed E-state index contributed by atoms with van der Waals surface area (Å²) in [7, 11) is 0. The van der Waals surface area contributed by atoms with Gasteiger partial charge in [-0.15, -0.1) is 0 Å². The minimum Gasteiger partial charge on any atom is -0.325 e. The first kappa shape index (κ1) is 9.60. The lowest BCUT2D eigenvalue weighted by molar-refractivity contribution is 0.672. The van der Waals surface area contributed by atoms with Gasteiger partial charge in [0.05, 0.1) is 11.9 Å². The van der Waals surface area contributed by atoms with Crippen molar-refractivity contribution in [3.05, 3.63) is 48.3 Å². The molecule has 2 N–H and O–H groups in total. The van der Waals surface area contributed by atoms with E-state index in [1.165, 1.54) is 5.56 Å². The Morgan fingerprint density at radius 3 is 2.69 bits per heavy atom. The van der Waals surface area contributed by atoms with Gasteiger partial charge in [0.1, 0.15) is 0 Å². The maximum atomic E-state index is 6.09. The van der Waals surface area contributed by atoms with Crippen LogP contribution in [0.1, 0.15) is 18.4 Å². The van der Waals surface area contributed by atoms with Crippen LogP contribution in [-0.2, 0) is 6.42 Å². The molecule has 2 aromatic rings. The third-order valence-corrected chi connectivity index (χ3v) is 3.11. The monoisotopic (exact) mass is 213 g/mol. The molecule has 0 saturated heterocycles. The summed E-state index contributed by atoms with van der Waals surface area (Å²) < 4.78 is 1.90. The van der Waals surface area contributed by atoms with Crippen LogP contribution < -0.4 is 5.73 Å². The molecular weight excluding hydrogens is 198 g/mol. The fraction of sp³-hybridized carbons (Fsp3) is 0.308. The Kier molecular flexibility index (Phi) is 2.07. The van der Waals surface area contributed by atoms with E-state index in [0.717, 1.165) is 24.9 Å². The van der Waals surface area contributed by atoms with E-state index in [4.69, 9.17) is 5.73 Å². The van der Waals surface area contributed by atoms with Crippen molar-refractivity contribution >= 4 is 0 Å². The second-order valence-corrected chi connectivity index (χ2v) is 4.67. The van der Waals surface area contributed by atoms with E-state index in [-0.39, 0.29) is 5.54 Å². The van der Waals surface area contributed by atoms with Gasteiger partial charge in [0.2, 0.25) is 0 Å². The number of hydrogen-bond acceptors (Lipinski definition) is 2. The first-order valence-electron chi connectivity index (χ1n) is 5.63. The van der Waals surface area contributed by atoms with Crippen molar-refractivity contribution in [2.45, 2.75) is 24.8 Å². The molecular formula is C13H15N3. The summed E-state index contributed by atoms with van der Waals surface area (Å²) >= 11 is 0. The molecule has 3 nitrogen and oxygen atoms in total. The summed E-state index contributed by atoms with van der Waals surface area (Å²) in [6.07, 6.45) is 7.22. The number of aromatic nitrogens is 2. The second kappa shape index (κ2) is 3.46. The molecule has 0 amide bonds. The lowest BCUT2D eigenvalue weighted by atomic mass is 10.1. The van der Waals surface area contributed by atoms with Gasteiger partial charge in [0.15, 0.2) is 0 Å². The van der Waals surface area contributed by atoms with Gasteiger partial charge in [-0.25, -0.2) is 4.68 Å². The van der Waals surface area contributed by atoms with Crippen LogP contribution in [0.4, 0.5) is 0 Å². The molecule has 1 aromatic carbocycles. The number of nitrogens with two attached hydrogens (primary N) is 1. The number of hydrogen-bond donors (Lipinski definition) is 1. The van der Waals surface area contributed by atoms with Gasteiger partial charge in [-0.1, -0.05) is 18.2 Å². The minimum absolute atomic E-state index is 0.0601. The van der Waals surface area contributed by atoms with E-state index in [9.17, 15) is 0 Å². The van der Waals surface area contributed by atoms with Gasteiger partial charge in [-0.2, -0.15) is 5.10 Å². The summed E-state index contributed by atoms with van der Waals surface area (Å²) in [6.45, 7) is 0. The van der Waals surface area contributed by atoms with Crippen molar-refractivity contribution in [2.75, 3.05) is 0 Å². The molecule has 3 heteroatoms. The number of benzene rings is 1. The van der Waals surface area contributed by atoms with Crippen molar-refractivity contribution in [3.63, 3.8) is 0 Å². The lowest BCUT2D eigenvalue weighted by Crippen LogP contribution is -2.24. The van der Waals surface area contributed by atoms with Crippen LogP contribution in [0.5, 0.6) is 0 Å². The van der Waals surface area contributed by atoms with Crippen LogP contribution in [0.25, 0.3) is 5.69 Å². The molecule has 1 aliphatic carbocycles. The van der Waals surface area contributed by atoms with E-state index in [1.807, 2.05) is 41.2 Å². The summed E-state index contributed by atoms with van der Waals surface area (Å²) in [5, 5.41) is 4.36. The van der Waals surface area contributed by atoms with Crippen LogP contribution in [0, 0.1) is 0 Å².